The lowest BCUT2D eigenvalue weighted by atomic mass is 10.0. The second-order valence-corrected chi connectivity index (χ2v) is 7.45. The smallest absolute Gasteiger partial charge is 0.270 e. The molecule has 3 aromatic carbocycles. The summed E-state index contributed by atoms with van der Waals surface area (Å²) >= 11 is 0. The van der Waals surface area contributed by atoms with Gasteiger partial charge in [0, 0.05) is 12.1 Å². The average molecular weight is 396 g/mol. The maximum Gasteiger partial charge on any atom is 0.270 e. The maximum absolute atomic E-state index is 13.0. The Morgan fingerprint density at radius 2 is 1.57 bits per heavy atom. The number of amides is 1. The average Bonchev–Trinajstić information content (AvgIpc) is 3.23. The van der Waals surface area contributed by atoms with Crippen LogP contribution in [0.4, 0.5) is 0 Å². The van der Waals surface area contributed by atoms with Crippen molar-refractivity contribution in [1.82, 2.24) is 15.1 Å². The number of hydrogen-bond acceptors (Lipinski definition) is 2. The number of aryl methyl sites for hydroxylation is 2. The highest BCUT2D eigenvalue weighted by Crippen LogP contribution is 2.24. The summed E-state index contributed by atoms with van der Waals surface area (Å²) in [4.78, 5) is 13.0. The van der Waals surface area contributed by atoms with Gasteiger partial charge in [-0.05, 0) is 61.2 Å². The Labute approximate surface area is 177 Å². The van der Waals surface area contributed by atoms with Crippen molar-refractivity contribution >= 4 is 5.91 Å². The van der Waals surface area contributed by atoms with E-state index in [1.807, 2.05) is 54.6 Å². The van der Waals surface area contributed by atoms with E-state index in [1.165, 1.54) is 16.7 Å². The molecule has 4 aromatic rings. The number of carbonyl (C=O) groups excluding carboxylic acids is 1. The van der Waals surface area contributed by atoms with Crippen LogP contribution in [0.25, 0.3) is 16.9 Å². The molecule has 1 aromatic heterocycles. The molecule has 0 atom stereocenters. The molecule has 150 valence electrons. The Bertz CT molecular complexity index is 1150. The molecule has 4 rings (SSSR count). The van der Waals surface area contributed by atoms with Crippen molar-refractivity contribution in [2.24, 2.45) is 0 Å². The molecule has 1 N–H and O–H groups in total. The third-order valence-corrected chi connectivity index (χ3v) is 5.29. The zero-order valence-electron chi connectivity index (χ0n) is 17.3. The van der Waals surface area contributed by atoms with Gasteiger partial charge in [-0.25, -0.2) is 4.68 Å². The fourth-order valence-corrected chi connectivity index (χ4v) is 3.41. The third kappa shape index (κ3) is 4.33. The van der Waals surface area contributed by atoms with Crippen LogP contribution in [-0.2, 0) is 6.42 Å². The van der Waals surface area contributed by atoms with Crippen LogP contribution in [0.1, 0.15) is 27.2 Å². The van der Waals surface area contributed by atoms with Crippen LogP contribution < -0.4 is 5.32 Å². The summed E-state index contributed by atoms with van der Waals surface area (Å²) in [6.07, 6.45) is 0.788. The summed E-state index contributed by atoms with van der Waals surface area (Å²) < 4.78 is 1.72. The zero-order chi connectivity index (χ0) is 20.9. The van der Waals surface area contributed by atoms with Crippen molar-refractivity contribution in [2.45, 2.75) is 20.3 Å². The van der Waals surface area contributed by atoms with E-state index in [2.05, 4.69) is 49.5 Å². The van der Waals surface area contributed by atoms with Crippen molar-refractivity contribution in [3.05, 3.63) is 107 Å². The Hall–Kier alpha value is -3.66. The van der Waals surface area contributed by atoms with Gasteiger partial charge >= 0.3 is 0 Å². The summed E-state index contributed by atoms with van der Waals surface area (Å²) in [5.41, 5.74) is 6.82. The normalized spacial score (nSPS) is 10.7. The number of aromatic nitrogens is 2. The lowest BCUT2D eigenvalue weighted by molar-refractivity contribution is 0.0946. The predicted molar refractivity (Wildman–Crippen MR) is 121 cm³/mol. The molecular formula is C26H25N3O. The van der Waals surface area contributed by atoms with Crippen LogP contribution in [0.15, 0.2) is 84.9 Å². The number of benzene rings is 3. The first-order valence-electron chi connectivity index (χ1n) is 10.2. The second-order valence-electron chi connectivity index (χ2n) is 7.45. The summed E-state index contributed by atoms with van der Waals surface area (Å²) in [6.45, 7) is 4.75. The van der Waals surface area contributed by atoms with Crippen molar-refractivity contribution in [3.63, 3.8) is 0 Å². The molecule has 4 nitrogen and oxygen atoms in total. The van der Waals surface area contributed by atoms with E-state index in [9.17, 15) is 4.79 Å². The number of carbonyl (C=O) groups is 1. The van der Waals surface area contributed by atoms with Crippen LogP contribution in [0.2, 0.25) is 0 Å². The highest BCUT2D eigenvalue weighted by atomic mass is 16.2. The molecule has 0 aliphatic rings. The van der Waals surface area contributed by atoms with Gasteiger partial charge in [-0.1, -0.05) is 60.7 Å². The van der Waals surface area contributed by atoms with Gasteiger partial charge in [-0.2, -0.15) is 5.10 Å². The third-order valence-electron chi connectivity index (χ3n) is 5.29. The zero-order valence-corrected chi connectivity index (χ0v) is 17.3. The van der Waals surface area contributed by atoms with Gasteiger partial charge in [0.15, 0.2) is 0 Å². The van der Waals surface area contributed by atoms with Gasteiger partial charge in [0.2, 0.25) is 0 Å². The maximum atomic E-state index is 13.0. The molecule has 0 aliphatic heterocycles. The van der Waals surface area contributed by atoms with Crippen LogP contribution in [0.5, 0.6) is 0 Å². The topological polar surface area (TPSA) is 46.9 Å². The van der Waals surface area contributed by atoms with E-state index < -0.39 is 0 Å². The predicted octanol–water partition coefficient (Wildman–Crippen LogP) is 5.13. The van der Waals surface area contributed by atoms with E-state index in [0.717, 1.165) is 23.4 Å². The summed E-state index contributed by atoms with van der Waals surface area (Å²) in [5, 5.41) is 7.81. The number of nitrogens with zero attached hydrogens (tertiary/aromatic N) is 2. The molecule has 1 heterocycles. The van der Waals surface area contributed by atoms with Crippen LogP contribution in [0, 0.1) is 13.8 Å². The minimum atomic E-state index is -0.127. The summed E-state index contributed by atoms with van der Waals surface area (Å²) in [5.74, 6) is -0.127. The van der Waals surface area contributed by atoms with E-state index in [0.29, 0.717) is 12.2 Å². The fourth-order valence-electron chi connectivity index (χ4n) is 3.41. The number of nitrogens with one attached hydrogen (secondary N) is 1. The van der Waals surface area contributed by atoms with Gasteiger partial charge in [0.25, 0.3) is 5.91 Å². The monoisotopic (exact) mass is 395 g/mol. The van der Waals surface area contributed by atoms with Gasteiger partial charge in [0.1, 0.15) is 5.69 Å². The molecule has 0 bridgehead atoms. The van der Waals surface area contributed by atoms with E-state index >= 15 is 0 Å². The molecule has 0 radical (unpaired) electrons. The molecule has 0 aliphatic carbocycles. The van der Waals surface area contributed by atoms with E-state index in [4.69, 9.17) is 5.10 Å². The van der Waals surface area contributed by atoms with Crippen LogP contribution in [0.3, 0.4) is 0 Å². The van der Waals surface area contributed by atoms with Crippen LogP contribution >= 0.6 is 0 Å². The molecule has 30 heavy (non-hydrogen) atoms. The minimum Gasteiger partial charge on any atom is -0.350 e. The van der Waals surface area contributed by atoms with Gasteiger partial charge in [-0.3, -0.25) is 4.79 Å². The van der Waals surface area contributed by atoms with Crippen molar-refractivity contribution < 1.29 is 4.79 Å². The highest BCUT2D eigenvalue weighted by Gasteiger charge is 2.17. The standard InChI is InChI=1S/C26H25N3O/c1-19-13-14-22(17-20(19)2)24-18-25(29(28-24)23-11-7-4-8-12-23)26(30)27-16-15-21-9-5-3-6-10-21/h3-14,17-18H,15-16H2,1-2H3,(H,27,30). The Kier molecular flexibility index (Phi) is 5.75. The Morgan fingerprint density at radius 1 is 0.867 bits per heavy atom. The number of hydrogen-bond donors (Lipinski definition) is 1. The molecular weight excluding hydrogens is 370 g/mol. The number of para-hydroxylation sites is 1. The first-order chi connectivity index (χ1) is 14.6. The molecule has 1 amide bonds. The first kappa shape index (κ1) is 19.6. The summed E-state index contributed by atoms with van der Waals surface area (Å²) in [7, 11) is 0. The Balaban J connectivity index is 1.62. The minimum absolute atomic E-state index is 0.127. The molecule has 0 unspecified atom stereocenters. The lowest BCUT2D eigenvalue weighted by Crippen LogP contribution is -2.27. The van der Waals surface area contributed by atoms with Crippen molar-refractivity contribution in [3.8, 4) is 16.9 Å². The molecule has 0 saturated heterocycles. The Morgan fingerprint density at radius 3 is 2.27 bits per heavy atom. The first-order valence-corrected chi connectivity index (χ1v) is 10.2. The molecule has 4 heteroatoms. The van der Waals surface area contributed by atoms with E-state index in [1.54, 1.807) is 4.68 Å². The van der Waals surface area contributed by atoms with Crippen molar-refractivity contribution in [2.75, 3.05) is 6.54 Å². The van der Waals surface area contributed by atoms with Gasteiger partial charge < -0.3 is 5.32 Å². The second kappa shape index (κ2) is 8.78. The fraction of sp³-hybridized carbons (Fsp3) is 0.154. The SMILES string of the molecule is Cc1ccc(-c2cc(C(=O)NCCc3ccccc3)n(-c3ccccc3)n2)cc1C. The van der Waals surface area contributed by atoms with Gasteiger partial charge in [0.05, 0.1) is 11.4 Å². The highest BCUT2D eigenvalue weighted by molar-refractivity contribution is 5.94. The van der Waals surface area contributed by atoms with Gasteiger partial charge in [-0.15, -0.1) is 0 Å². The summed E-state index contributed by atoms with van der Waals surface area (Å²) in [6, 6.07) is 28.0. The molecule has 0 saturated carbocycles. The van der Waals surface area contributed by atoms with Crippen LogP contribution in [-0.4, -0.2) is 22.2 Å². The number of rotatable bonds is 6. The molecule has 0 spiro atoms. The molecule has 0 fully saturated rings. The van der Waals surface area contributed by atoms with E-state index in [-0.39, 0.29) is 5.91 Å². The largest absolute Gasteiger partial charge is 0.350 e. The van der Waals surface area contributed by atoms with Crippen molar-refractivity contribution in [1.29, 1.82) is 0 Å². The quantitative estimate of drug-likeness (QED) is 0.492. The lowest BCUT2D eigenvalue weighted by Gasteiger charge is -2.08.